The highest BCUT2D eigenvalue weighted by molar-refractivity contribution is 5.72. The van der Waals surface area contributed by atoms with E-state index in [0.29, 0.717) is 19.3 Å². The van der Waals surface area contributed by atoms with E-state index in [1.54, 1.807) is 0 Å². The number of aliphatic carboxylic acids is 1. The van der Waals surface area contributed by atoms with Crippen molar-refractivity contribution < 1.29 is 38.2 Å². The van der Waals surface area contributed by atoms with E-state index in [-0.39, 0.29) is 49.1 Å². The summed E-state index contributed by atoms with van der Waals surface area (Å²) >= 11 is 0. The van der Waals surface area contributed by atoms with E-state index in [4.69, 9.17) is 14.2 Å². The molecule has 0 bridgehead atoms. The largest absolute Gasteiger partial charge is 0.477 e. The van der Waals surface area contributed by atoms with Gasteiger partial charge in [-0.3, -0.25) is 9.59 Å². The first-order valence-electron chi connectivity index (χ1n) is 17.0. The Kier molecular flexibility index (Phi) is 27.1. The smallest absolute Gasteiger partial charge is 0.362 e. The first kappa shape index (κ1) is 42.8. The van der Waals surface area contributed by atoms with E-state index in [1.807, 2.05) is 75.8 Å². The minimum absolute atomic E-state index is 0.0194. The molecule has 0 saturated carbocycles. The lowest BCUT2D eigenvalue weighted by molar-refractivity contribution is -0.887. The molecule has 0 aliphatic carbocycles. The quantitative estimate of drug-likeness (QED) is 0.0302. The number of carboxylic acids is 1. The molecule has 0 saturated heterocycles. The molecule has 46 heavy (non-hydrogen) atoms. The van der Waals surface area contributed by atoms with Crippen LogP contribution in [0, 0.1) is 0 Å². The van der Waals surface area contributed by atoms with E-state index >= 15 is 0 Å². The van der Waals surface area contributed by atoms with Gasteiger partial charge in [-0.2, -0.15) is 0 Å². The number of carbonyl (C=O) groups excluding carboxylic acids is 2. The van der Waals surface area contributed by atoms with Gasteiger partial charge in [0.1, 0.15) is 6.61 Å². The molecular formula is C38H62NO7+. The van der Waals surface area contributed by atoms with Gasteiger partial charge in [-0.15, -0.1) is 0 Å². The summed E-state index contributed by atoms with van der Waals surface area (Å²) in [6.07, 6.45) is 34.0. The minimum Gasteiger partial charge on any atom is -0.477 e. The van der Waals surface area contributed by atoms with Crippen LogP contribution in [-0.2, 0) is 28.6 Å². The summed E-state index contributed by atoms with van der Waals surface area (Å²) in [7, 11) is 5.46. The molecule has 260 valence electrons. The third-order valence-electron chi connectivity index (χ3n) is 6.97. The summed E-state index contributed by atoms with van der Waals surface area (Å²) in [5, 5.41) is 9.54. The molecule has 2 atom stereocenters. The molecule has 0 heterocycles. The fourth-order valence-electron chi connectivity index (χ4n) is 4.30. The minimum atomic E-state index is -0.895. The first-order chi connectivity index (χ1) is 22.1. The normalized spacial score (nSPS) is 14.0. The van der Waals surface area contributed by atoms with Gasteiger partial charge < -0.3 is 23.8 Å². The number of hydrogen-bond donors (Lipinski definition) is 1. The third kappa shape index (κ3) is 27.1. The zero-order valence-electron chi connectivity index (χ0n) is 29.2. The number of ether oxygens (including phenoxy) is 3. The SMILES string of the molecule is CC/C=C/C=C/C=C/C=C/C=C/CCCC(=O)OC(COCCC(C(=O)O)[N+](C)(C)C)COC(=O)CCC/C=C/CCCCCC. The van der Waals surface area contributed by atoms with Gasteiger partial charge in [0.2, 0.25) is 0 Å². The van der Waals surface area contributed by atoms with Crippen LogP contribution in [0.4, 0.5) is 0 Å². The molecule has 0 aromatic heterocycles. The summed E-state index contributed by atoms with van der Waals surface area (Å²) in [4.78, 5) is 36.5. The van der Waals surface area contributed by atoms with Gasteiger partial charge in [0.25, 0.3) is 0 Å². The summed E-state index contributed by atoms with van der Waals surface area (Å²) in [5.74, 6) is -1.63. The van der Waals surface area contributed by atoms with Crippen molar-refractivity contribution in [3.63, 3.8) is 0 Å². The highest BCUT2D eigenvalue weighted by atomic mass is 16.6. The van der Waals surface area contributed by atoms with Gasteiger partial charge in [0, 0.05) is 19.3 Å². The zero-order chi connectivity index (χ0) is 34.3. The molecule has 0 rings (SSSR count). The molecule has 0 aromatic rings. The number of quaternary nitrogens is 1. The van der Waals surface area contributed by atoms with Crippen molar-refractivity contribution in [2.45, 2.75) is 109 Å². The number of hydrogen-bond acceptors (Lipinski definition) is 6. The molecule has 8 heteroatoms. The van der Waals surface area contributed by atoms with E-state index < -0.39 is 18.1 Å². The van der Waals surface area contributed by atoms with Crippen LogP contribution in [0.2, 0.25) is 0 Å². The van der Waals surface area contributed by atoms with Crippen molar-refractivity contribution >= 4 is 17.9 Å². The van der Waals surface area contributed by atoms with E-state index in [1.165, 1.54) is 25.7 Å². The molecule has 0 radical (unpaired) electrons. The number of likely N-dealkylation sites (N-methyl/N-ethyl adjacent to an activating group) is 1. The van der Waals surface area contributed by atoms with Crippen LogP contribution in [0.3, 0.4) is 0 Å². The Morgan fingerprint density at radius 3 is 1.83 bits per heavy atom. The molecule has 2 unspecified atom stereocenters. The predicted molar refractivity (Wildman–Crippen MR) is 187 cm³/mol. The number of nitrogens with zero attached hydrogens (tertiary/aromatic N) is 1. The molecule has 0 spiro atoms. The Hall–Kier alpha value is -3.23. The zero-order valence-corrected chi connectivity index (χ0v) is 29.2. The summed E-state index contributed by atoms with van der Waals surface area (Å²) < 4.78 is 17.0. The van der Waals surface area contributed by atoms with Gasteiger partial charge in [0.05, 0.1) is 34.4 Å². The third-order valence-corrected chi connectivity index (χ3v) is 6.97. The standard InChI is InChI=1S/C38H61NO7/c1-6-8-10-12-14-16-17-18-19-21-23-25-27-29-37(41)46-34(32-44-31-30-35(38(42)43)39(3,4)5)33-45-36(40)28-26-24-22-20-15-13-11-9-7-2/h8,10,12,14,16-23,34-35H,6-7,9,11,13,15,24-33H2,1-5H3/p+1/b10-8+,14-12+,17-16+,19-18+,22-20+,23-21+. The van der Waals surface area contributed by atoms with Gasteiger partial charge in [-0.05, 0) is 44.9 Å². The molecule has 8 nitrogen and oxygen atoms in total. The Labute approximate surface area is 279 Å². The fourth-order valence-corrected chi connectivity index (χ4v) is 4.30. The first-order valence-corrected chi connectivity index (χ1v) is 17.0. The maximum atomic E-state index is 12.6. The van der Waals surface area contributed by atoms with Crippen LogP contribution in [0.25, 0.3) is 0 Å². The van der Waals surface area contributed by atoms with Gasteiger partial charge in [0.15, 0.2) is 12.1 Å². The molecular weight excluding hydrogens is 582 g/mol. The van der Waals surface area contributed by atoms with E-state index in [9.17, 15) is 19.5 Å². The van der Waals surface area contributed by atoms with Crippen molar-refractivity contribution in [2.75, 3.05) is 41.0 Å². The fraction of sp³-hybridized carbons (Fsp3) is 0.605. The van der Waals surface area contributed by atoms with Crippen molar-refractivity contribution in [3.8, 4) is 0 Å². The number of carbonyl (C=O) groups is 3. The Bertz CT molecular complexity index is 985. The highest BCUT2D eigenvalue weighted by Crippen LogP contribution is 2.10. The Morgan fingerprint density at radius 2 is 1.24 bits per heavy atom. The van der Waals surface area contributed by atoms with Crippen molar-refractivity contribution in [1.29, 1.82) is 0 Å². The van der Waals surface area contributed by atoms with Crippen LogP contribution in [0.5, 0.6) is 0 Å². The number of carboxylic acid groups (broad SMARTS) is 1. The van der Waals surface area contributed by atoms with Crippen LogP contribution in [0.1, 0.15) is 97.3 Å². The van der Waals surface area contributed by atoms with Crippen LogP contribution in [-0.4, -0.2) is 80.6 Å². The maximum Gasteiger partial charge on any atom is 0.362 e. The van der Waals surface area contributed by atoms with Crippen molar-refractivity contribution in [3.05, 3.63) is 72.9 Å². The van der Waals surface area contributed by atoms with E-state index in [2.05, 4.69) is 32.1 Å². The Balaban J connectivity index is 4.69. The van der Waals surface area contributed by atoms with Gasteiger partial charge >= 0.3 is 17.9 Å². The molecule has 0 aromatic carbocycles. The van der Waals surface area contributed by atoms with Crippen LogP contribution >= 0.6 is 0 Å². The van der Waals surface area contributed by atoms with Crippen molar-refractivity contribution in [2.24, 2.45) is 0 Å². The molecule has 0 aliphatic heterocycles. The topological polar surface area (TPSA) is 99.1 Å². The number of rotatable bonds is 28. The second-order valence-corrected chi connectivity index (χ2v) is 12.2. The highest BCUT2D eigenvalue weighted by Gasteiger charge is 2.31. The van der Waals surface area contributed by atoms with Crippen molar-refractivity contribution in [1.82, 2.24) is 0 Å². The number of allylic oxidation sites excluding steroid dienone is 12. The van der Waals surface area contributed by atoms with Crippen LogP contribution in [0.15, 0.2) is 72.9 Å². The molecule has 0 aliphatic rings. The summed E-state index contributed by atoms with van der Waals surface area (Å²) in [5.41, 5.74) is 0. The Morgan fingerprint density at radius 1 is 0.674 bits per heavy atom. The lowest BCUT2D eigenvalue weighted by Gasteiger charge is -2.31. The summed E-state index contributed by atoms with van der Waals surface area (Å²) in [6.45, 7) is 4.39. The van der Waals surface area contributed by atoms with Crippen LogP contribution < -0.4 is 0 Å². The second-order valence-electron chi connectivity index (χ2n) is 12.2. The lowest BCUT2D eigenvalue weighted by atomic mass is 10.1. The van der Waals surface area contributed by atoms with E-state index in [0.717, 1.165) is 25.7 Å². The van der Waals surface area contributed by atoms with Gasteiger partial charge in [-0.25, -0.2) is 4.79 Å². The molecule has 0 amide bonds. The average molecular weight is 645 g/mol. The number of unbranched alkanes of at least 4 members (excludes halogenated alkanes) is 6. The number of esters is 2. The average Bonchev–Trinajstić information content (AvgIpc) is 3.00. The van der Waals surface area contributed by atoms with Gasteiger partial charge in [-0.1, -0.05) is 106 Å². The molecule has 0 fully saturated rings. The monoisotopic (exact) mass is 644 g/mol. The maximum absolute atomic E-state index is 12.6. The lowest BCUT2D eigenvalue weighted by Crippen LogP contribution is -2.50. The summed E-state index contributed by atoms with van der Waals surface area (Å²) in [6, 6.07) is -0.632. The second kappa shape index (κ2) is 29.2. The molecule has 1 N–H and O–H groups in total. The predicted octanol–water partition coefficient (Wildman–Crippen LogP) is 8.07.